The summed E-state index contributed by atoms with van der Waals surface area (Å²) in [5.41, 5.74) is 5.42. The largest absolute Gasteiger partial charge is 0.393 e. The molecule has 0 fully saturated rings. The fourth-order valence-corrected chi connectivity index (χ4v) is 3.14. The number of nitrogens with zero attached hydrogens (tertiary/aromatic N) is 3. The minimum absolute atomic E-state index is 0.131. The van der Waals surface area contributed by atoms with Gasteiger partial charge in [-0.15, -0.1) is 0 Å². The normalized spacial score (nSPS) is 11.9. The Hall–Kier alpha value is -1.03. The van der Waals surface area contributed by atoms with Crippen LogP contribution < -0.4 is 5.73 Å². The maximum atomic E-state index is 12.5. The third-order valence-corrected chi connectivity index (χ3v) is 4.71. The SMILES string of the molecule is COCCN(CCC(N)=S)S(=O)(=O)c1ccnn1C. The van der Waals surface area contributed by atoms with E-state index in [1.165, 1.54) is 28.4 Å². The number of aromatic nitrogens is 2. The summed E-state index contributed by atoms with van der Waals surface area (Å²) in [5.74, 6) is 0. The van der Waals surface area contributed by atoms with Crippen molar-refractivity contribution in [1.29, 1.82) is 0 Å². The Labute approximate surface area is 118 Å². The Kier molecular flexibility index (Phi) is 5.85. The van der Waals surface area contributed by atoms with Gasteiger partial charge in [-0.05, 0) is 6.07 Å². The van der Waals surface area contributed by atoms with E-state index in [0.29, 0.717) is 13.0 Å². The maximum absolute atomic E-state index is 12.5. The third-order valence-electron chi connectivity index (χ3n) is 2.53. The summed E-state index contributed by atoms with van der Waals surface area (Å²) in [5, 5.41) is 4.00. The van der Waals surface area contributed by atoms with E-state index in [1.807, 2.05) is 0 Å². The van der Waals surface area contributed by atoms with Crippen LogP contribution in [-0.4, -0.2) is 54.3 Å². The molecule has 0 saturated carbocycles. The second-order valence-corrected chi connectivity index (χ2v) is 6.32. The van der Waals surface area contributed by atoms with Gasteiger partial charge in [0.2, 0.25) is 0 Å². The van der Waals surface area contributed by atoms with Crippen LogP contribution in [0.1, 0.15) is 6.42 Å². The molecule has 1 aromatic heterocycles. The van der Waals surface area contributed by atoms with Gasteiger partial charge >= 0.3 is 0 Å². The highest BCUT2D eigenvalue weighted by molar-refractivity contribution is 7.89. The maximum Gasteiger partial charge on any atom is 0.260 e. The molecule has 108 valence electrons. The summed E-state index contributed by atoms with van der Waals surface area (Å²) in [4.78, 5) is 0.280. The summed E-state index contributed by atoms with van der Waals surface area (Å²) >= 11 is 4.78. The Bertz CT molecular complexity index is 527. The van der Waals surface area contributed by atoms with Crippen LogP contribution in [0.5, 0.6) is 0 Å². The lowest BCUT2D eigenvalue weighted by Crippen LogP contribution is -2.37. The predicted molar refractivity (Wildman–Crippen MR) is 75.2 cm³/mol. The van der Waals surface area contributed by atoms with Crippen molar-refractivity contribution < 1.29 is 13.2 Å². The minimum atomic E-state index is -3.62. The van der Waals surface area contributed by atoms with Gasteiger partial charge in [0.05, 0.1) is 17.8 Å². The second-order valence-electron chi connectivity index (χ2n) is 3.91. The monoisotopic (exact) mass is 306 g/mol. The molecule has 0 aliphatic carbocycles. The summed E-state index contributed by atoms with van der Waals surface area (Å²) in [6.45, 7) is 0.771. The molecular weight excluding hydrogens is 288 g/mol. The molecule has 0 saturated heterocycles. The van der Waals surface area contributed by atoms with Gasteiger partial charge in [-0.2, -0.15) is 9.40 Å². The molecule has 0 aromatic carbocycles. The topological polar surface area (TPSA) is 90.4 Å². The standard InChI is InChI=1S/C10H18N4O3S2/c1-13-10(3-5-12-13)19(15,16)14(7-8-17-2)6-4-9(11)18/h3,5H,4,6-8H2,1-2H3,(H2,11,18). The van der Waals surface area contributed by atoms with Crippen LogP contribution >= 0.6 is 12.2 Å². The van der Waals surface area contributed by atoms with E-state index in [9.17, 15) is 8.42 Å². The molecule has 0 aliphatic rings. The molecule has 0 spiro atoms. The van der Waals surface area contributed by atoms with Crippen LogP contribution in [0.15, 0.2) is 17.3 Å². The zero-order valence-corrected chi connectivity index (χ0v) is 12.6. The van der Waals surface area contributed by atoms with E-state index in [4.69, 9.17) is 22.7 Å². The second kappa shape index (κ2) is 6.94. The van der Waals surface area contributed by atoms with E-state index in [2.05, 4.69) is 5.10 Å². The Morgan fingerprint density at radius 1 is 1.58 bits per heavy atom. The summed E-state index contributed by atoms with van der Waals surface area (Å²) < 4.78 is 32.5. The summed E-state index contributed by atoms with van der Waals surface area (Å²) in [7, 11) is -0.523. The molecule has 1 rings (SSSR count). The first-order valence-electron chi connectivity index (χ1n) is 5.65. The van der Waals surface area contributed by atoms with E-state index in [0.717, 1.165) is 0 Å². The van der Waals surface area contributed by atoms with Crippen molar-refractivity contribution in [3.8, 4) is 0 Å². The number of nitrogens with two attached hydrogens (primary N) is 1. The van der Waals surface area contributed by atoms with Gasteiger partial charge in [0, 0.05) is 33.7 Å². The van der Waals surface area contributed by atoms with Crippen LogP contribution in [0.4, 0.5) is 0 Å². The van der Waals surface area contributed by atoms with Gasteiger partial charge < -0.3 is 10.5 Å². The Balaban J connectivity index is 2.95. The molecule has 7 nitrogen and oxygen atoms in total. The molecular formula is C10H18N4O3S2. The first-order chi connectivity index (χ1) is 8.89. The Morgan fingerprint density at radius 3 is 2.74 bits per heavy atom. The molecule has 0 atom stereocenters. The van der Waals surface area contributed by atoms with Gasteiger partial charge in [0.1, 0.15) is 0 Å². The number of aryl methyl sites for hydroxylation is 1. The number of hydrogen-bond acceptors (Lipinski definition) is 5. The van der Waals surface area contributed by atoms with E-state index in [-0.39, 0.29) is 23.1 Å². The first kappa shape index (κ1) is 16.0. The van der Waals surface area contributed by atoms with Crippen LogP contribution in [0.3, 0.4) is 0 Å². The number of methoxy groups -OCH3 is 1. The van der Waals surface area contributed by atoms with Crippen LogP contribution in [0, 0.1) is 0 Å². The van der Waals surface area contributed by atoms with Crippen molar-refractivity contribution in [2.75, 3.05) is 26.8 Å². The summed E-state index contributed by atoms with van der Waals surface area (Å²) in [6, 6.07) is 1.45. The highest BCUT2D eigenvalue weighted by Crippen LogP contribution is 2.14. The van der Waals surface area contributed by atoms with Crippen molar-refractivity contribution >= 4 is 27.2 Å². The average molecular weight is 306 g/mol. The molecule has 0 aliphatic heterocycles. The lowest BCUT2D eigenvalue weighted by molar-refractivity contribution is 0.179. The number of rotatable bonds is 8. The highest BCUT2D eigenvalue weighted by Gasteiger charge is 2.26. The number of sulfonamides is 1. The van der Waals surface area contributed by atoms with Crippen molar-refractivity contribution in [2.45, 2.75) is 11.4 Å². The minimum Gasteiger partial charge on any atom is -0.393 e. The van der Waals surface area contributed by atoms with Gasteiger partial charge in [-0.1, -0.05) is 12.2 Å². The molecule has 0 unspecified atom stereocenters. The molecule has 0 bridgehead atoms. The van der Waals surface area contributed by atoms with Crippen LogP contribution in [-0.2, 0) is 21.8 Å². The molecule has 2 N–H and O–H groups in total. The lowest BCUT2D eigenvalue weighted by Gasteiger charge is -2.21. The van der Waals surface area contributed by atoms with Crippen molar-refractivity contribution in [1.82, 2.24) is 14.1 Å². The fraction of sp³-hybridized carbons (Fsp3) is 0.600. The fourth-order valence-electron chi connectivity index (χ4n) is 1.53. The molecule has 9 heteroatoms. The van der Waals surface area contributed by atoms with Crippen molar-refractivity contribution in [3.63, 3.8) is 0 Å². The number of hydrogen-bond donors (Lipinski definition) is 1. The molecule has 0 radical (unpaired) electrons. The van der Waals surface area contributed by atoms with Gasteiger partial charge in [-0.3, -0.25) is 4.68 Å². The zero-order valence-electron chi connectivity index (χ0n) is 10.9. The molecule has 1 heterocycles. The quantitative estimate of drug-likeness (QED) is 0.665. The van der Waals surface area contributed by atoms with E-state index in [1.54, 1.807) is 7.05 Å². The van der Waals surface area contributed by atoms with Gasteiger partial charge in [0.25, 0.3) is 10.0 Å². The molecule has 1 aromatic rings. The van der Waals surface area contributed by atoms with Gasteiger partial charge in [0.15, 0.2) is 5.03 Å². The molecule has 0 amide bonds. The third kappa shape index (κ3) is 4.23. The van der Waals surface area contributed by atoms with Crippen LogP contribution in [0.25, 0.3) is 0 Å². The summed E-state index contributed by atoms with van der Waals surface area (Å²) in [6.07, 6.45) is 1.77. The predicted octanol–water partition coefficient (Wildman–Crippen LogP) is -0.267. The Morgan fingerprint density at radius 2 is 2.26 bits per heavy atom. The number of thiocarbonyl (C=S) groups is 1. The molecule has 19 heavy (non-hydrogen) atoms. The van der Waals surface area contributed by atoms with Crippen LogP contribution in [0.2, 0.25) is 0 Å². The van der Waals surface area contributed by atoms with E-state index >= 15 is 0 Å². The van der Waals surface area contributed by atoms with Gasteiger partial charge in [-0.25, -0.2) is 8.42 Å². The van der Waals surface area contributed by atoms with Crippen molar-refractivity contribution in [2.24, 2.45) is 12.8 Å². The average Bonchev–Trinajstić information content (AvgIpc) is 2.75. The highest BCUT2D eigenvalue weighted by atomic mass is 32.2. The van der Waals surface area contributed by atoms with E-state index < -0.39 is 10.0 Å². The lowest BCUT2D eigenvalue weighted by atomic mass is 10.4. The first-order valence-corrected chi connectivity index (χ1v) is 7.50. The number of ether oxygens (including phenoxy) is 1. The zero-order chi connectivity index (χ0) is 14.5. The smallest absolute Gasteiger partial charge is 0.260 e. The van der Waals surface area contributed by atoms with Crippen molar-refractivity contribution in [3.05, 3.63) is 12.3 Å².